The lowest BCUT2D eigenvalue weighted by atomic mass is 10.1. The summed E-state index contributed by atoms with van der Waals surface area (Å²) < 4.78 is 38.7. The van der Waals surface area contributed by atoms with Crippen molar-refractivity contribution in [1.29, 1.82) is 0 Å². The number of rotatable bonds is 4. The van der Waals surface area contributed by atoms with Crippen LogP contribution in [0.4, 0.5) is 24.9 Å². The number of nitrogens with zero attached hydrogens (tertiary/aromatic N) is 2. The summed E-state index contributed by atoms with van der Waals surface area (Å²) in [6.45, 7) is 1.83. The molecule has 0 amide bonds. The van der Waals surface area contributed by atoms with Gasteiger partial charge < -0.3 is 10.6 Å². The zero-order chi connectivity index (χ0) is 15.5. The van der Waals surface area contributed by atoms with Crippen molar-refractivity contribution in [2.75, 3.05) is 17.7 Å². The third-order valence-electron chi connectivity index (χ3n) is 2.86. The molecule has 7 heteroatoms. The minimum absolute atomic E-state index is 0.0370. The Labute approximate surface area is 120 Å². The number of halogens is 3. The minimum atomic E-state index is -4.37. The molecule has 0 aliphatic carbocycles. The van der Waals surface area contributed by atoms with Crippen molar-refractivity contribution >= 4 is 11.8 Å². The Hall–Kier alpha value is -2.31. The zero-order valence-corrected chi connectivity index (χ0v) is 11.6. The minimum Gasteiger partial charge on any atom is -0.366 e. The van der Waals surface area contributed by atoms with Crippen LogP contribution in [0.1, 0.15) is 16.8 Å². The molecule has 0 saturated carbocycles. The van der Waals surface area contributed by atoms with Crippen molar-refractivity contribution in [3.8, 4) is 0 Å². The lowest BCUT2D eigenvalue weighted by Crippen LogP contribution is -2.12. The number of benzene rings is 1. The van der Waals surface area contributed by atoms with E-state index in [4.69, 9.17) is 0 Å². The van der Waals surface area contributed by atoms with E-state index in [1.807, 2.05) is 0 Å². The van der Waals surface area contributed by atoms with E-state index in [-0.39, 0.29) is 12.1 Å². The lowest BCUT2D eigenvalue weighted by molar-refractivity contribution is -0.138. The molecule has 0 aliphatic heterocycles. The highest BCUT2D eigenvalue weighted by Gasteiger charge is 2.32. The van der Waals surface area contributed by atoms with Gasteiger partial charge in [-0.15, -0.1) is 0 Å². The molecule has 112 valence electrons. The number of aryl methyl sites for hydroxylation is 1. The molecule has 2 rings (SSSR count). The quantitative estimate of drug-likeness (QED) is 0.907. The molecule has 1 aromatic heterocycles. The molecule has 2 aromatic rings. The van der Waals surface area contributed by atoms with Crippen LogP contribution < -0.4 is 10.6 Å². The highest BCUT2D eigenvalue weighted by Crippen LogP contribution is 2.32. The van der Waals surface area contributed by atoms with E-state index in [1.165, 1.54) is 12.1 Å². The van der Waals surface area contributed by atoms with Crippen LogP contribution in [0.25, 0.3) is 0 Å². The molecule has 0 radical (unpaired) electrons. The van der Waals surface area contributed by atoms with Gasteiger partial charge in [-0.2, -0.15) is 18.2 Å². The van der Waals surface area contributed by atoms with Crippen LogP contribution in [0.5, 0.6) is 0 Å². The summed E-state index contributed by atoms with van der Waals surface area (Å²) in [5.41, 5.74) is 0.255. The summed E-state index contributed by atoms with van der Waals surface area (Å²) in [6, 6.07) is 7.15. The van der Waals surface area contributed by atoms with Crippen molar-refractivity contribution in [2.45, 2.75) is 19.6 Å². The molecule has 1 heterocycles. The molecule has 21 heavy (non-hydrogen) atoms. The fourth-order valence-electron chi connectivity index (χ4n) is 1.91. The molecule has 0 aliphatic rings. The molecule has 0 fully saturated rings. The Kier molecular flexibility index (Phi) is 4.30. The van der Waals surface area contributed by atoms with Gasteiger partial charge in [-0.1, -0.05) is 18.2 Å². The SMILES string of the molecule is CNc1nc(C)cc(NCc2ccccc2C(F)(F)F)n1. The first-order valence-corrected chi connectivity index (χ1v) is 6.32. The van der Waals surface area contributed by atoms with E-state index in [0.29, 0.717) is 11.8 Å². The Balaban J connectivity index is 2.19. The maximum atomic E-state index is 12.9. The summed E-state index contributed by atoms with van der Waals surface area (Å²) in [5, 5.41) is 5.70. The first kappa shape index (κ1) is 15.1. The summed E-state index contributed by atoms with van der Waals surface area (Å²) >= 11 is 0. The van der Waals surface area contributed by atoms with Gasteiger partial charge in [-0.05, 0) is 18.6 Å². The second-order valence-electron chi connectivity index (χ2n) is 4.48. The maximum absolute atomic E-state index is 12.9. The van der Waals surface area contributed by atoms with Crippen LogP contribution in [0.3, 0.4) is 0 Å². The fourth-order valence-corrected chi connectivity index (χ4v) is 1.91. The van der Waals surface area contributed by atoms with E-state index >= 15 is 0 Å². The van der Waals surface area contributed by atoms with Crippen LogP contribution >= 0.6 is 0 Å². The molecule has 0 unspecified atom stereocenters. The molecule has 0 bridgehead atoms. The van der Waals surface area contributed by atoms with Crippen LogP contribution in [0.15, 0.2) is 30.3 Å². The summed E-state index contributed by atoms with van der Waals surface area (Å²) in [7, 11) is 1.68. The number of nitrogens with one attached hydrogen (secondary N) is 2. The Morgan fingerprint density at radius 2 is 1.86 bits per heavy atom. The number of alkyl halides is 3. The van der Waals surface area contributed by atoms with Crippen molar-refractivity contribution in [3.05, 3.63) is 47.2 Å². The molecule has 4 nitrogen and oxygen atoms in total. The highest BCUT2D eigenvalue weighted by molar-refractivity contribution is 5.43. The standard InChI is InChI=1S/C14H15F3N4/c1-9-7-12(21-13(18-2)20-9)19-8-10-5-3-4-6-11(10)14(15,16)17/h3-7H,8H2,1-2H3,(H2,18,19,20,21). The van der Waals surface area contributed by atoms with Gasteiger partial charge in [-0.3, -0.25) is 0 Å². The van der Waals surface area contributed by atoms with Crippen LogP contribution in [0.2, 0.25) is 0 Å². The third kappa shape index (κ3) is 3.84. The van der Waals surface area contributed by atoms with E-state index in [9.17, 15) is 13.2 Å². The third-order valence-corrected chi connectivity index (χ3v) is 2.86. The largest absolute Gasteiger partial charge is 0.416 e. The second-order valence-corrected chi connectivity index (χ2v) is 4.48. The van der Waals surface area contributed by atoms with Gasteiger partial charge in [0.2, 0.25) is 5.95 Å². The first-order chi connectivity index (χ1) is 9.90. The molecular weight excluding hydrogens is 281 g/mol. The van der Waals surface area contributed by atoms with E-state index in [2.05, 4.69) is 20.6 Å². The lowest BCUT2D eigenvalue weighted by Gasteiger charge is -2.14. The smallest absolute Gasteiger partial charge is 0.366 e. The predicted molar refractivity (Wildman–Crippen MR) is 75.1 cm³/mol. The molecule has 0 saturated heterocycles. The molecule has 0 atom stereocenters. The van der Waals surface area contributed by atoms with E-state index < -0.39 is 11.7 Å². The monoisotopic (exact) mass is 296 g/mol. The van der Waals surface area contributed by atoms with Gasteiger partial charge >= 0.3 is 6.18 Å². The highest BCUT2D eigenvalue weighted by atomic mass is 19.4. The average Bonchev–Trinajstić information content (AvgIpc) is 2.44. The maximum Gasteiger partial charge on any atom is 0.416 e. The molecule has 1 aromatic carbocycles. The van der Waals surface area contributed by atoms with Gasteiger partial charge in [0.15, 0.2) is 0 Å². The van der Waals surface area contributed by atoms with E-state index in [0.717, 1.165) is 11.8 Å². The zero-order valence-electron chi connectivity index (χ0n) is 11.6. The van der Waals surface area contributed by atoms with Crippen LogP contribution in [-0.2, 0) is 12.7 Å². The van der Waals surface area contributed by atoms with Crippen molar-refractivity contribution in [1.82, 2.24) is 9.97 Å². The van der Waals surface area contributed by atoms with Gasteiger partial charge in [0, 0.05) is 25.4 Å². The van der Waals surface area contributed by atoms with Gasteiger partial charge in [0.05, 0.1) is 5.56 Å². The number of anilines is 2. The fraction of sp³-hybridized carbons (Fsp3) is 0.286. The Bertz CT molecular complexity index is 626. The summed E-state index contributed by atoms with van der Waals surface area (Å²) in [5.74, 6) is 0.894. The normalized spacial score (nSPS) is 11.3. The average molecular weight is 296 g/mol. The van der Waals surface area contributed by atoms with Gasteiger partial charge in [0.1, 0.15) is 5.82 Å². The van der Waals surface area contributed by atoms with Crippen molar-refractivity contribution in [2.24, 2.45) is 0 Å². The van der Waals surface area contributed by atoms with E-state index in [1.54, 1.807) is 26.1 Å². The Morgan fingerprint density at radius 3 is 2.52 bits per heavy atom. The summed E-state index contributed by atoms with van der Waals surface area (Å²) in [6.07, 6.45) is -4.37. The summed E-state index contributed by atoms with van der Waals surface area (Å²) in [4.78, 5) is 8.27. The molecule has 2 N–H and O–H groups in total. The Morgan fingerprint density at radius 1 is 1.14 bits per heavy atom. The molecular formula is C14H15F3N4. The first-order valence-electron chi connectivity index (χ1n) is 6.32. The van der Waals surface area contributed by atoms with Gasteiger partial charge in [-0.25, -0.2) is 4.98 Å². The van der Waals surface area contributed by atoms with Crippen LogP contribution in [-0.4, -0.2) is 17.0 Å². The van der Waals surface area contributed by atoms with Crippen molar-refractivity contribution < 1.29 is 13.2 Å². The van der Waals surface area contributed by atoms with Gasteiger partial charge in [0.25, 0.3) is 0 Å². The predicted octanol–water partition coefficient (Wildman–Crippen LogP) is 3.46. The van der Waals surface area contributed by atoms with Crippen molar-refractivity contribution in [3.63, 3.8) is 0 Å². The topological polar surface area (TPSA) is 49.8 Å². The van der Waals surface area contributed by atoms with Crippen LogP contribution in [0, 0.1) is 6.92 Å². The number of hydrogen-bond acceptors (Lipinski definition) is 4. The second kappa shape index (κ2) is 5.99. The molecule has 0 spiro atoms. The number of aromatic nitrogens is 2. The number of hydrogen-bond donors (Lipinski definition) is 2.